The molecule has 0 aliphatic rings. The number of carbonyl (C=O) groups is 3. The van der Waals surface area contributed by atoms with Crippen molar-refractivity contribution in [3.63, 3.8) is 0 Å². The third kappa shape index (κ3) is 49.3. The second kappa shape index (κ2) is 52.0. The van der Waals surface area contributed by atoms with Crippen LogP contribution in [0.1, 0.15) is 233 Å². The second-order valence-electron chi connectivity index (χ2n) is 17.1. The van der Waals surface area contributed by atoms with Gasteiger partial charge >= 0.3 is 17.9 Å². The lowest BCUT2D eigenvalue weighted by Gasteiger charge is -2.18. The van der Waals surface area contributed by atoms with Gasteiger partial charge in [0.2, 0.25) is 0 Å². The van der Waals surface area contributed by atoms with E-state index < -0.39 is 6.10 Å². The van der Waals surface area contributed by atoms with Crippen molar-refractivity contribution in [1.82, 2.24) is 0 Å². The first-order valence-corrected chi connectivity index (χ1v) is 26.2. The first-order chi connectivity index (χ1) is 31.5. The largest absolute Gasteiger partial charge is 0.462 e. The molecule has 0 saturated carbocycles. The Morgan fingerprint density at radius 1 is 0.328 bits per heavy atom. The van der Waals surface area contributed by atoms with Crippen LogP contribution in [0.4, 0.5) is 0 Å². The fourth-order valence-electron chi connectivity index (χ4n) is 6.90. The van der Waals surface area contributed by atoms with Crippen molar-refractivity contribution in [3.05, 3.63) is 97.2 Å². The van der Waals surface area contributed by atoms with Crippen molar-refractivity contribution in [3.8, 4) is 0 Å². The molecule has 0 bridgehead atoms. The summed E-state index contributed by atoms with van der Waals surface area (Å²) in [4.78, 5) is 37.9. The van der Waals surface area contributed by atoms with E-state index in [4.69, 9.17) is 14.2 Å². The number of unbranched alkanes of at least 4 members (excludes halogenated alkanes) is 19. The molecule has 0 aromatic rings. The molecular formula is C58H96O6. The highest BCUT2D eigenvalue weighted by Gasteiger charge is 2.19. The summed E-state index contributed by atoms with van der Waals surface area (Å²) in [6.45, 7) is 6.41. The van der Waals surface area contributed by atoms with Gasteiger partial charge in [-0.05, 0) is 96.3 Å². The Kier molecular flexibility index (Phi) is 49.0. The van der Waals surface area contributed by atoms with Crippen LogP contribution in [0.25, 0.3) is 0 Å². The Labute approximate surface area is 394 Å². The zero-order chi connectivity index (χ0) is 46.5. The van der Waals surface area contributed by atoms with Gasteiger partial charge in [-0.25, -0.2) is 0 Å². The molecule has 0 aliphatic heterocycles. The fourth-order valence-corrected chi connectivity index (χ4v) is 6.90. The molecule has 1 atom stereocenters. The van der Waals surface area contributed by atoms with E-state index in [0.717, 1.165) is 103 Å². The highest BCUT2D eigenvalue weighted by atomic mass is 16.6. The molecule has 0 aliphatic carbocycles. The highest BCUT2D eigenvalue weighted by molar-refractivity contribution is 5.71. The number of hydrogen-bond acceptors (Lipinski definition) is 6. The minimum absolute atomic E-state index is 0.105. The predicted molar refractivity (Wildman–Crippen MR) is 274 cm³/mol. The number of allylic oxidation sites excluding steroid dienone is 16. The van der Waals surface area contributed by atoms with E-state index in [1.165, 1.54) is 83.5 Å². The number of esters is 3. The molecule has 6 heteroatoms. The molecule has 0 rings (SSSR count). The Hall–Kier alpha value is -3.67. The molecule has 0 aromatic carbocycles. The summed E-state index contributed by atoms with van der Waals surface area (Å²) in [5.74, 6) is -0.984. The van der Waals surface area contributed by atoms with Gasteiger partial charge in [0, 0.05) is 19.3 Å². The zero-order valence-corrected chi connectivity index (χ0v) is 41.5. The van der Waals surface area contributed by atoms with E-state index in [1.54, 1.807) is 0 Å². The smallest absolute Gasteiger partial charge is 0.306 e. The van der Waals surface area contributed by atoms with Gasteiger partial charge in [0.1, 0.15) is 13.2 Å². The van der Waals surface area contributed by atoms with Crippen molar-refractivity contribution in [2.75, 3.05) is 13.2 Å². The summed E-state index contributed by atoms with van der Waals surface area (Å²) in [6.07, 6.45) is 68.4. The number of carbonyl (C=O) groups excluding carboxylic acids is 3. The van der Waals surface area contributed by atoms with Crippen LogP contribution in [0.5, 0.6) is 0 Å². The van der Waals surface area contributed by atoms with E-state index in [9.17, 15) is 14.4 Å². The van der Waals surface area contributed by atoms with Crippen LogP contribution >= 0.6 is 0 Å². The van der Waals surface area contributed by atoms with Crippen LogP contribution < -0.4 is 0 Å². The van der Waals surface area contributed by atoms with Gasteiger partial charge in [-0.2, -0.15) is 0 Å². The van der Waals surface area contributed by atoms with Gasteiger partial charge in [0.25, 0.3) is 0 Å². The predicted octanol–water partition coefficient (Wildman–Crippen LogP) is 17.4. The minimum Gasteiger partial charge on any atom is -0.462 e. The molecule has 64 heavy (non-hydrogen) atoms. The monoisotopic (exact) mass is 889 g/mol. The quantitative estimate of drug-likeness (QED) is 0.0262. The van der Waals surface area contributed by atoms with Crippen LogP contribution in [0, 0.1) is 0 Å². The summed E-state index contributed by atoms with van der Waals surface area (Å²) in [7, 11) is 0. The summed E-state index contributed by atoms with van der Waals surface area (Å²) >= 11 is 0. The van der Waals surface area contributed by atoms with Gasteiger partial charge < -0.3 is 14.2 Å². The number of hydrogen-bond donors (Lipinski definition) is 0. The summed E-state index contributed by atoms with van der Waals surface area (Å²) in [6, 6.07) is 0. The molecule has 364 valence electrons. The van der Waals surface area contributed by atoms with E-state index in [-0.39, 0.29) is 37.5 Å². The van der Waals surface area contributed by atoms with Crippen molar-refractivity contribution in [1.29, 1.82) is 0 Å². The van der Waals surface area contributed by atoms with Crippen molar-refractivity contribution >= 4 is 17.9 Å². The van der Waals surface area contributed by atoms with Gasteiger partial charge in [0.05, 0.1) is 0 Å². The van der Waals surface area contributed by atoms with Gasteiger partial charge in [-0.3, -0.25) is 14.4 Å². The first kappa shape index (κ1) is 60.3. The van der Waals surface area contributed by atoms with E-state index in [2.05, 4.69) is 118 Å². The number of rotatable bonds is 46. The summed E-state index contributed by atoms with van der Waals surface area (Å²) in [5, 5.41) is 0. The van der Waals surface area contributed by atoms with Crippen LogP contribution in [0.15, 0.2) is 97.2 Å². The van der Waals surface area contributed by atoms with Gasteiger partial charge in [-0.1, -0.05) is 214 Å². The van der Waals surface area contributed by atoms with Crippen LogP contribution in [-0.2, 0) is 28.6 Å². The maximum Gasteiger partial charge on any atom is 0.306 e. The molecule has 0 radical (unpaired) electrons. The molecule has 0 saturated heterocycles. The molecule has 0 N–H and O–H groups in total. The zero-order valence-electron chi connectivity index (χ0n) is 41.5. The first-order valence-electron chi connectivity index (χ1n) is 26.2. The normalized spacial score (nSPS) is 12.9. The summed E-state index contributed by atoms with van der Waals surface area (Å²) in [5.41, 5.74) is 0. The molecule has 0 fully saturated rings. The van der Waals surface area contributed by atoms with Crippen molar-refractivity contribution < 1.29 is 28.6 Å². The van der Waals surface area contributed by atoms with E-state index >= 15 is 0 Å². The Morgan fingerprint density at radius 2 is 0.625 bits per heavy atom. The SMILES string of the molecule is CC/C=C\C/C=C\C/C=C\C/C=C\C/C=C\CCCC(=O)OC(COC(=O)CCCCCCCC/C=C\C/C=C\C/C=C\CCCCCCC)COC(=O)CCCCCCCCCC. The Morgan fingerprint density at radius 3 is 1.00 bits per heavy atom. The lowest BCUT2D eigenvalue weighted by atomic mass is 10.1. The van der Waals surface area contributed by atoms with Crippen molar-refractivity contribution in [2.24, 2.45) is 0 Å². The van der Waals surface area contributed by atoms with Crippen LogP contribution in [-0.4, -0.2) is 37.2 Å². The molecule has 0 heterocycles. The topological polar surface area (TPSA) is 78.9 Å². The molecular weight excluding hydrogens is 793 g/mol. The second-order valence-corrected chi connectivity index (χ2v) is 17.1. The molecule has 1 unspecified atom stereocenters. The van der Waals surface area contributed by atoms with Gasteiger partial charge in [0.15, 0.2) is 6.10 Å². The van der Waals surface area contributed by atoms with Crippen LogP contribution in [0.3, 0.4) is 0 Å². The lowest BCUT2D eigenvalue weighted by Crippen LogP contribution is -2.30. The average molecular weight is 889 g/mol. The maximum absolute atomic E-state index is 12.8. The lowest BCUT2D eigenvalue weighted by molar-refractivity contribution is -0.167. The molecule has 0 spiro atoms. The third-order valence-corrected chi connectivity index (χ3v) is 10.8. The summed E-state index contributed by atoms with van der Waals surface area (Å²) < 4.78 is 16.7. The van der Waals surface area contributed by atoms with Crippen LogP contribution in [0.2, 0.25) is 0 Å². The van der Waals surface area contributed by atoms with Crippen molar-refractivity contribution in [2.45, 2.75) is 239 Å². The van der Waals surface area contributed by atoms with E-state index in [0.29, 0.717) is 19.3 Å². The average Bonchev–Trinajstić information content (AvgIpc) is 3.29. The fraction of sp³-hybridized carbons (Fsp3) is 0.672. The third-order valence-electron chi connectivity index (χ3n) is 10.8. The maximum atomic E-state index is 12.8. The highest BCUT2D eigenvalue weighted by Crippen LogP contribution is 2.13. The standard InChI is InChI=1S/C58H96O6/c1-4-7-10-13-16-19-21-23-25-27-28-29-30-32-33-35-37-39-42-45-48-51-57(60)63-54-55(53-62-56(59)50-47-44-41-18-15-12-9-6-3)64-58(61)52-49-46-43-40-38-36-34-31-26-24-22-20-17-14-11-8-5-2/h8,11,17,20-21,23-24,26-28,30,32,34,36,40,43,55H,4-7,9-10,12-16,18-19,22,25,29,31,33,35,37-39,41-42,44-54H2,1-3H3/b11-8-,20-17-,23-21-,26-24-,28-27-,32-30-,36-34-,43-40-. The van der Waals surface area contributed by atoms with Gasteiger partial charge in [-0.15, -0.1) is 0 Å². The Balaban J connectivity index is 4.40. The Bertz CT molecular complexity index is 1300. The molecule has 0 aromatic heterocycles. The number of ether oxygens (including phenoxy) is 3. The minimum atomic E-state index is -0.811. The molecule has 0 amide bonds. The van der Waals surface area contributed by atoms with E-state index in [1.807, 2.05) is 0 Å². The molecule has 6 nitrogen and oxygen atoms in total.